The monoisotopic (exact) mass is 329 g/mol. The summed E-state index contributed by atoms with van der Waals surface area (Å²) in [6.07, 6.45) is 3.02. The predicted molar refractivity (Wildman–Crippen MR) is 98.0 cm³/mol. The topological polar surface area (TPSA) is 98.6 Å². The molecule has 6 nitrogen and oxygen atoms in total. The van der Waals surface area contributed by atoms with Crippen molar-refractivity contribution in [2.24, 2.45) is 15.0 Å². The van der Waals surface area contributed by atoms with Gasteiger partial charge in [-0.1, -0.05) is 13.8 Å². The van der Waals surface area contributed by atoms with Gasteiger partial charge in [-0.05, 0) is 32.0 Å². The quantitative estimate of drug-likeness (QED) is 0.529. The van der Waals surface area contributed by atoms with Crippen LogP contribution in [-0.4, -0.2) is 39.9 Å². The highest BCUT2D eigenvalue weighted by Crippen LogP contribution is 2.10. The zero-order valence-corrected chi connectivity index (χ0v) is 14.8. The fraction of sp³-hybridized carbons (Fsp3) is 0.615. The summed E-state index contributed by atoms with van der Waals surface area (Å²) in [4.78, 5) is 12.8. The van der Waals surface area contributed by atoms with Gasteiger partial charge in [-0.3, -0.25) is 20.8 Å². The van der Waals surface area contributed by atoms with Crippen LogP contribution in [0.5, 0.6) is 0 Å². The van der Waals surface area contributed by atoms with Gasteiger partial charge in [0.25, 0.3) is 0 Å². The number of nitrogens with one attached hydrogen (secondary N) is 2. The zero-order chi connectivity index (χ0) is 16.1. The lowest BCUT2D eigenvalue weighted by Gasteiger charge is -2.03. The normalized spacial score (nSPS) is 12.8. The van der Waals surface area contributed by atoms with Crippen molar-refractivity contribution in [3.05, 3.63) is 0 Å². The van der Waals surface area contributed by atoms with Gasteiger partial charge in [0.05, 0.1) is 11.4 Å². The Hall–Kier alpha value is -1.15. The van der Waals surface area contributed by atoms with Gasteiger partial charge in [0, 0.05) is 31.3 Å². The molecule has 21 heavy (non-hydrogen) atoms. The van der Waals surface area contributed by atoms with Crippen molar-refractivity contribution in [2.75, 3.05) is 13.1 Å². The van der Waals surface area contributed by atoms with Crippen LogP contribution in [0.4, 0.5) is 0 Å². The summed E-state index contributed by atoms with van der Waals surface area (Å²) in [5, 5.41) is 19.2. The van der Waals surface area contributed by atoms with Crippen LogP contribution < -0.4 is 10.7 Å². The molecule has 0 bridgehead atoms. The summed E-state index contributed by atoms with van der Waals surface area (Å²) >= 11 is 2.68. The Morgan fingerprint density at radius 3 is 2.29 bits per heavy atom. The Morgan fingerprint density at radius 2 is 1.76 bits per heavy atom. The minimum atomic E-state index is 0.541. The summed E-state index contributed by atoms with van der Waals surface area (Å²) in [5.41, 5.74) is 0. The smallest absolute Gasteiger partial charge is 0.214 e. The average Bonchev–Trinajstić information content (AvgIpc) is 2.47. The summed E-state index contributed by atoms with van der Waals surface area (Å²) < 4.78 is 0. The van der Waals surface area contributed by atoms with E-state index < -0.39 is 0 Å². The van der Waals surface area contributed by atoms with Crippen molar-refractivity contribution in [3.8, 4) is 0 Å². The number of hydrogen-bond donors (Lipinski definition) is 3. The molecule has 0 atom stereocenters. The average molecular weight is 330 g/mol. The minimum Gasteiger partial charge on any atom is -0.325 e. The van der Waals surface area contributed by atoms with E-state index in [4.69, 9.17) is 10.8 Å². The first-order valence-corrected chi connectivity index (χ1v) is 8.62. The number of nitrogens with zero attached hydrogens (tertiary/aromatic N) is 3. The van der Waals surface area contributed by atoms with Gasteiger partial charge in [-0.2, -0.15) is 0 Å². The van der Waals surface area contributed by atoms with Crippen LogP contribution in [-0.2, 0) is 0 Å². The van der Waals surface area contributed by atoms with E-state index >= 15 is 0 Å². The third kappa shape index (κ3) is 10.3. The fourth-order valence-corrected chi connectivity index (χ4v) is 2.37. The molecule has 0 saturated carbocycles. The third-order valence-electron chi connectivity index (χ3n) is 2.07. The number of amidine groups is 2. The van der Waals surface area contributed by atoms with E-state index in [1.165, 1.54) is 23.5 Å². The van der Waals surface area contributed by atoms with Gasteiger partial charge in [0.2, 0.25) is 5.04 Å². The van der Waals surface area contributed by atoms with Crippen LogP contribution in [0.15, 0.2) is 15.0 Å². The van der Waals surface area contributed by atoms with Crippen LogP contribution in [0.2, 0.25) is 0 Å². The molecule has 118 valence electrons. The van der Waals surface area contributed by atoms with Crippen LogP contribution in [0.3, 0.4) is 0 Å². The second-order valence-electron chi connectivity index (χ2n) is 3.74. The van der Waals surface area contributed by atoms with E-state index in [-0.39, 0.29) is 0 Å². The van der Waals surface area contributed by atoms with E-state index in [9.17, 15) is 0 Å². The van der Waals surface area contributed by atoms with Crippen molar-refractivity contribution in [3.63, 3.8) is 0 Å². The summed E-state index contributed by atoms with van der Waals surface area (Å²) in [5.74, 6) is 0. The Balaban J connectivity index is 4.66. The van der Waals surface area contributed by atoms with Gasteiger partial charge < -0.3 is 5.32 Å². The molecule has 0 aliphatic rings. The summed E-state index contributed by atoms with van der Waals surface area (Å²) in [6.45, 7) is 9.15. The van der Waals surface area contributed by atoms with Crippen LogP contribution >= 0.6 is 23.5 Å². The maximum Gasteiger partial charge on any atom is 0.214 e. The summed E-state index contributed by atoms with van der Waals surface area (Å²) in [6, 6.07) is 0. The van der Waals surface area contributed by atoms with Crippen molar-refractivity contribution in [1.29, 1.82) is 5.41 Å². The number of thioether (sulfide) groups is 2. The highest BCUT2D eigenvalue weighted by Gasteiger charge is 2.07. The van der Waals surface area contributed by atoms with Crippen molar-refractivity contribution in [2.45, 2.75) is 40.5 Å². The molecule has 0 aromatic carbocycles. The Morgan fingerprint density at radius 1 is 1.10 bits per heavy atom. The standard InChI is InChI=1S/C13H24N6S2/c1-5-10(14)20-12(16-7-3)18-9-19-13(17-8-4)21-11(15)6-2/h9,14-15H,5-8H2,1-4H3,(H,16,17,18,19)/p+1. The molecule has 4 N–H and O–H groups in total. The second-order valence-corrected chi connectivity index (χ2v) is 5.92. The molecule has 0 rings (SSSR count). The largest absolute Gasteiger partial charge is 0.325 e. The third-order valence-corrected chi connectivity index (χ3v) is 4.01. The van der Waals surface area contributed by atoms with Crippen LogP contribution in [0.25, 0.3) is 0 Å². The molecule has 0 aliphatic carbocycles. The van der Waals surface area contributed by atoms with E-state index in [0.717, 1.165) is 11.5 Å². The van der Waals surface area contributed by atoms with Gasteiger partial charge in [-0.25, -0.2) is 4.99 Å². The SMILES string of the molecule is CCN=C(/N=C/NC(=NCC)SC(=[NH2+])CC)SC(=N)CC. The number of aliphatic imine (C=N–C) groups is 3. The van der Waals surface area contributed by atoms with Crippen LogP contribution in [0.1, 0.15) is 40.5 Å². The highest BCUT2D eigenvalue weighted by molar-refractivity contribution is 8.26. The number of nitrogens with two attached hydrogens (primary N) is 1. The lowest BCUT2D eigenvalue weighted by Crippen LogP contribution is -2.39. The Labute approximate surface area is 135 Å². The number of rotatable bonds is 5. The lowest BCUT2D eigenvalue weighted by molar-refractivity contribution is -0.110. The molecule has 8 heteroatoms. The molecule has 0 radical (unpaired) electrons. The molecule has 0 heterocycles. The zero-order valence-electron chi connectivity index (χ0n) is 13.1. The molecule has 0 unspecified atom stereocenters. The summed E-state index contributed by atoms with van der Waals surface area (Å²) in [7, 11) is 0. The molecule has 0 fully saturated rings. The van der Waals surface area contributed by atoms with Gasteiger partial charge in [-0.15, -0.1) is 0 Å². The first-order chi connectivity index (χ1) is 10.1. The number of hydrogen-bond acceptors (Lipinski definition) is 5. The molecular formula is C13H25N6S2+. The second kappa shape index (κ2) is 12.6. The molecule has 0 aromatic heterocycles. The first-order valence-electron chi connectivity index (χ1n) is 6.99. The van der Waals surface area contributed by atoms with Gasteiger partial charge in [0.15, 0.2) is 10.3 Å². The van der Waals surface area contributed by atoms with Gasteiger partial charge in [0.1, 0.15) is 0 Å². The van der Waals surface area contributed by atoms with Crippen molar-refractivity contribution < 1.29 is 5.41 Å². The Bertz CT molecular complexity index is 428. The van der Waals surface area contributed by atoms with E-state index in [1.54, 1.807) is 6.34 Å². The molecular weight excluding hydrogens is 304 g/mol. The minimum absolute atomic E-state index is 0.541. The lowest BCUT2D eigenvalue weighted by atomic mass is 10.5. The predicted octanol–water partition coefficient (Wildman–Crippen LogP) is 1.78. The molecule has 0 aliphatic heterocycles. The van der Waals surface area contributed by atoms with E-state index in [1.807, 2.05) is 27.7 Å². The highest BCUT2D eigenvalue weighted by atomic mass is 32.2. The van der Waals surface area contributed by atoms with E-state index in [0.29, 0.717) is 34.9 Å². The van der Waals surface area contributed by atoms with Gasteiger partial charge >= 0.3 is 0 Å². The molecule has 0 saturated heterocycles. The molecule has 0 amide bonds. The fourth-order valence-electron chi connectivity index (χ4n) is 1.01. The molecule has 0 aromatic rings. The molecule has 0 spiro atoms. The van der Waals surface area contributed by atoms with Crippen molar-refractivity contribution >= 4 is 50.3 Å². The van der Waals surface area contributed by atoms with E-state index in [2.05, 4.69) is 20.3 Å². The maximum absolute atomic E-state index is 7.69. The first kappa shape index (κ1) is 19.9. The Kier molecular flexibility index (Phi) is 11.9. The van der Waals surface area contributed by atoms with Crippen molar-refractivity contribution in [1.82, 2.24) is 5.32 Å². The van der Waals surface area contributed by atoms with Crippen LogP contribution in [0, 0.1) is 5.41 Å². The maximum atomic E-state index is 7.69.